The van der Waals surface area contributed by atoms with Gasteiger partial charge in [-0.1, -0.05) is 0 Å². The first-order valence-corrected chi connectivity index (χ1v) is 7.48. The summed E-state index contributed by atoms with van der Waals surface area (Å²) in [6, 6.07) is 9.55. The summed E-state index contributed by atoms with van der Waals surface area (Å²) in [6.07, 6.45) is 0. The Labute approximate surface area is 148 Å². The molecule has 2 N–H and O–H groups in total. The zero-order valence-electron chi connectivity index (χ0n) is 13.8. The fourth-order valence-corrected chi connectivity index (χ4v) is 2.19. The number of carbonyl (C=O) groups is 2. The van der Waals surface area contributed by atoms with E-state index in [0.717, 1.165) is 11.8 Å². The number of hydrogen-bond acceptors (Lipinski definition) is 6. The van der Waals surface area contributed by atoms with Crippen LogP contribution in [0.3, 0.4) is 0 Å². The second-order valence-corrected chi connectivity index (χ2v) is 5.40. The van der Waals surface area contributed by atoms with Gasteiger partial charge in [-0.15, -0.1) is 0 Å². The van der Waals surface area contributed by atoms with Gasteiger partial charge in [-0.05, 0) is 30.3 Å². The number of anilines is 1. The summed E-state index contributed by atoms with van der Waals surface area (Å²) in [4.78, 5) is 34.1. The van der Waals surface area contributed by atoms with Crippen molar-refractivity contribution in [3.63, 3.8) is 0 Å². The lowest BCUT2D eigenvalue weighted by Gasteiger charge is -2.19. The number of hydrogen-bond donors (Lipinski definition) is 2. The molecule has 2 aromatic carbocycles. The van der Waals surface area contributed by atoms with Gasteiger partial charge < -0.3 is 19.8 Å². The molecule has 0 aliphatic rings. The predicted molar refractivity (Wildman–Crippen MR) is 92.2 cm³/mol. The molecule has 136 valence electrons. The van der Waals surface area contributed by atoms with Crippen molar-refractivity contribution < 1.29 is 29.5 Å². The fraction of sp³-hybridized carbons (Fsp3) is 0.176. The van der Waals surface area contributed by atoms with Crippen LogP contribution in [-0.2, 0) is 0 Å². The summed E-state index contributed by atoms with van der Waals surface area (Å²) in [6.45, 7) is 0.563. The molecule has 0 bridgehead atoms. The largest absolute Gasteiger partial charge is 0.492 e. The average molecular weight is 360 g/mol. The zero-order chi connectivity index (χ0) is 19.3. The number of likely N-dealkylation sites (N-methyl/N-ethyl adjacent to an activating group) is 1. The summed E-state index contributed by atoms with van der Waals surface area (Å²) < 4.78 is 5.47. The van der Waals surface area contributed by atoms with Gasteiger partial charge >= 0.3 is 11.9 Å². The van der Waals surface area contributed by atoms with E-state index in [1.54, 1.807) is 24.1 Å². The molecule has 0 fully saturated rings. The third-order valence-corrected chi connectivity index (χ3v) is 3.60. The molecule has 0 amide bonds. The Kier molecular flexibility index (Phi) is 5.74. The third kappa shape index (κ3) is 4.69. The first-order valence-electron chi connectivity index (χ1n) is 7.48. The van der Waals surface area contributed by atoms with Crippen LogP contribution in [0.25, 0.3) is 0 Å². The summed E-state index contributed by atoms with van der Waals surface area (Å²) in [5, 5.41) is 28.7. The number of non-ortho nitro benzene ring substituents is 1. The topological polar surface area (TPSA) is 130 Å². The van der Waals surface area contributed by atoms with Crippen molar-refractivity contribution in [2.45, 2.75) is 0 Å². The van der Waals surface area contributed by atoms with Gasteiger partial charge in [0.05, 0.1) is 22.6 Å². The molecule has 0 spiro atoms. The van der Waals surface area contributed by atoms with Gasteiger partial charge in [0.15, 0.2) is 0 Å². The quantitative estimate of drug-likeness (QED) is 0.542. The summed E-state index contributed by atoms with van der Waals surface area (Å²) in [5.41, 5.74) is 0.377. The maximum atomic E-state index is 11.1. The minimum absolute atomic E-state index is 0.00918. The molecule has 0 saturated heterocycles. The van der Waals surface area contributed by atoms with Crippen molar-refractivity contribution in [2.24, 2.45) is 0 Å². The molecule has 0 heterocycles. The minimum atomic E-state index is -1.25. The smallest absolute Gasteiger partial charge is 0.335 e. The maximum absolute atomic E-state index is 11.1. The van der Waals surface area contributed by atoms with E-state index in [4.69, 9.17) is 14.9 Å². The van der Waals surface area contributed by atoms with Crippen molar-refractivity contribution in [2.75, 3.05) is 25.1 Å². The van der Waals surface area contributed by atoms with E-state index in [1.165, 1.54) is 24.3 Å². The van der Waals surface area contributed by atoms with Crippen molar-refractivity contribution in [3.8, 4) is 5.75 Å². The Morgan fingerprint density at radius 3 is 2.08 bits per heavy atom. The highest BCUT2D eigenvalue weighted by atomic mass is 16.6. The van der Waals surface area contributed by atoms with Crippen LogP contribution in [0, 0.1) is 10.1 Å². The summed E-state index contributed by atoms with van der Waals surface area (Å²) in [5.74, 6) is -2.36. The Balaban J connectivity index is 2.01. The van der Waals surface area contributed by atoms with Crippen LogP contribution in [0.2, 0.25) is 0 Å². The average Bonchev–Trinajstić information content (AvgIpc) is 2.61. The van der Waals surface area contributed by atoms with E-state index in [0.29, 0.717) is 6.54 Å². The van der Waals surface area contributed by atoms with Gasteiger partial charge in [0, 0.05) is 24.9 Å². The highest BCUT2D eigenvalue weighted by molar-refractivity contribution is 5.94. The van der Waals surface area contributed by atoms with Crippen molar-refractivity contribution in [1.29, 1.82) is 0 Å². The van der Waals surface area contributed by atoms with Crippen LogP contribution in [-0.4, -0.2) is 47.3 Å². The van der Waals surface area contributed by atoms with Gasteiger partial charge in [0.25, 0.3) is 5.69 Å². The molecule has 0 atom stereocenters. The van der Waals surface area contributed by atoms with Crippen LogP contribution in [0.4, 0.5) is 11.4 Å². The maximum Gasteiger partial charge on any atom is 0.335 e. The molecule has 0 unspecified atom stereocenters. The monoisotopic (exact) mass is 360 g/mol. The highest BCUT2D eigenvalue weighted by Crippen LogP contribution is 2.20. The molecule has 0 aliphatic heterocycles. The van der Waals surface area contributed by atoms with Gasteiger partial charge in [0.1, 0.15) is 12.4 Å². The highest BCUT2D eigenvalue weighted by Gasteiger charge is 2.12. The van der Waals surface area contributed by atoms with Crippen molar-refractivity contribution >= 4 is 23.3 Å². The van der Waals surface area contributed by atoms with E-state index < -0.39 is 16.9 Å². The second-order valence-electron chi connectivity index (χ2n) is 5.40. The van der Waals surface area contributed by atoms with Gasteiger partial charge in [-0.3, -0.25) is 10.1 Å². The van der Waals surface area contributed by atoms with Gasteiger partial charge in [-0.25, -0.2) is 9.59 Å². The van der Waals surface area contributed by atoms with E-state index in [1.807, 2.05) is 0 Å². The molecular formula is C17H16N2O7. The van der Waals surface area contributed by atoms with Crippen LogP contribution in [0.15, 0.2) is 42.5 Å². The normalized spacial score (nSPS) is 10.2. The molecular weight excluding hydrogens is 344 g/mol. The van der Waals surface area contributed by atoms with Gasteiger partial charge in [0.2, 0.25) is 0 Å². The molecule has 0 aromatic heterocycles. The van der Waals surface area contributed by atoms with E-state index in [2.05, 4.69) is 0 Å². The third-order valence-electron chi connectivity index (χ3n) is 3.60. The summed E-state index contributed by atoms with van der Waals surface area (Å²) in [7, 11) is 1.76. The number of aromatic carboxylic acids is 2. The van der Waals surface area contributed by atoms with E-state index in [-0.39, 0.29) is 29.2 Å². The first kappa shape index (κ1) is 18.7. The number of carboxylic acid groups (broad SMARTS) is 2. The van der Waals surface area contributed by atoms with Crippen molar-refractivity contribution in [3.05, 3.63) is 63.7 Å². The van der Waals surface area contributed by atoms with E-state index in [9.17, 15) is 19.7 Å². The van der Waals surface area contributed by atoms with Crippen molar-refractivity contribution in [1.82, 2.24) is 0 Å². The minimum Gasteiger partial charge on any atom is -0.492 e. The molecule has 0 radical (unpaired) electrons. The number of benzene rings is 2. The number of carboxylic acids is 2. The van der Waals surface area contributed by atoms with Crippen LogP contribution in [0.1, 0.15) is 20.7 Å². The second kappa shape index (κ2) is 7.97. The first-order chi connectivity index (χ1) is 12.3. The molecule has 2 aromatic rings. The summed E-state index contributed by atoms with van der Waals surface area (Å²) >= 11 is 0. The number of nitro benzene ring substituents is 1. The zero-order valence-corrected chi connectivity index (χ0v) is 13.8. The Bertz CT molecular complexity index is 801. The lowest BCUT2D eigenvalue weighted by molar-refractivity contribution is -0.384. The molecule has 26 heavy (non-hydrogen) atoms. The number of nitrogens with zero attached hydrogens (tertiary/aromatic N) is 2. The Morgan fingerprint density at radius 2 is 1.62 bits per heavy atom. The predicted octanol–water partition coefficient (Wildman–Crippen LogP) is 2.51. The SMILES string of the molecule is CN(CCOc1cc(C(=O)O)cc(C(=O)O)c1)c1ccc([N+](=O)[O-])cc1. The number of nitro groups is 1. The molecule has 0 saturated carbocycles. The molecule has 0 aliphatic carbocycles. The van der Waals surface area contributed by atoms with Crippen LogP contribution >= 0.6 is 0 Å². The van der Waals surface area contributed by atoms with Crippen LogP contribution in [0.5, 0.6) is 5.75 Å². The standard InChI is InChI=1S/C17H16N2O7/c1-18(13-2-4-14(5-3-13)19(24)25)6-7-26-15-9-11(16(20)21)8-12(10-15)17(22)23/h2-5,8-10H,6-7H2,1H3,(H,20,21)(H,22,23). The molecule has 9 heteroatoms. The fourth-order valence-electron chi connectivity index (χ4n) is 2.19. The Hall–Kier alpha value is -3.62. The van der Waals surface area contributed by atoms with Crippen LogP contribution < -0.4 is 9.64 Å². The number of rotatable bonds is 8. The van der Waals surface area contributed by atoms with E-state index >= 15 is 0 Å². The van der Waals surface area contributed by atoms with Gasteiger partial charge in [-0.2, -0.15) is 0 Å². The molecule has 2 rings (SSSR count). The molecule has 9 nitrogen and oxygen atoms in total. The Morgan fingerprint density at radius 1 is 1.08 bits per heavy atom. The lowest BCUT2D eigenvalue weighted by atomic mass is 10.1. The number of ether oxygens (including phenoxy) is 1. The lowest BCUT2D eigenvalue weighted by Crippen LogP contribution is -2.23.